The molecule has 5 heteroatoms. The highest BCUT2D eigenvalue weighted by atomic mass is 16.5. The summed E-state index contributed by atoms with van der Waals surface area (Å²) in [6.45, 7) is 0. The van der Waals surface area contributed by atoms with Gasteiger partial charge in [0, 0.05) is 12.3 Å². The molecule has 2 N–H and O–H groups in total. The number of nitrogens with zero attached hydrogens (tertiary/aromatic N) is 3. The predicted molar refractivity (Wildman–Crippen MR) is 41.9 cm³/mol. The van der Waals surface area contributed by atoms with E-state index in [1.807, 2.05) is 0 Å². The van der Waals surface area contributed by atoms with E-state index in [0.717, 1.165) is 0 Å². The molecule has 2 rings (SSSR count). The molecular formula is C7H6N4O. The zero-order valence-corrected chi connectivity index (χ0v) is 6.14. The Balaban J connectivity index is 2.48. The highest BCUT2D eigenvalue weighted by Gasteiger charge is 2.03. The second-order valence-electron chi connectivity index (χ2n) is 2.18. The molecule has 0 unspecified atom stereocenters. The smallest absolute Gasteiger partial charge is 0.204 e. The van der Waals surface area contributed by atoms with Crippen molar-refractivity contribution in [2.45, 2.75) is 0 Å². The summed E-state index contributed by atoms with van der Waals surface area (Å²) in [4.78, 5) is 7.91. The lowest BCUT2D eigenvalue weighted by Gasteiger charge is -1.93. The molecule has 60 valence electrons. The van der Waals surface area contributed by atoms with Crippen LogP contribution in [0.15, 0.2) is 29.0 Å². The molecule has 0 aliphatic carbocycles. The van der Waals surface area contributed by atoms with Gasteiger partial charge >= 0.3 is 0 Å². The molecule has 0 saturated carbocycles. The number of rotatable bonds is 1. The van der Waals surface area contributed by atoms with Crippen molar-refractivity contribution in [1.29, 1.82) is 0 Å². The molecular weight excluding hydrogens is 156 g/mol. The lowest BCUT2D eigenvalue weighted by atomic mass is 10.4. The van der Waals surface area contributed by atoms with Gasteiger partial charge in [-0.3, -0.25) is 0 Å². The van der Waals surface area contributed by atoms with Gasteiger partial charge in [-0.1, -0.05) is 5.16 Å². The third-order valence-electron chi connectivity index (χ3n) is 1.34. The fourth-order valence-corrected chi connectivity index (χ4v) is 0.822. The van der Waals surface area contributed by atoms with Crippen molar-refractivity contribution in [3.8, 4) is 11.6 Å². The highest BCUT2D eigenvalue weighted by Crippen LogP contribution is 2.12. The van der Waals surface area contributed by atoms with Crippen molar-refractivity contribution < 1.29 is 4.52 Å². The third-order valence-corrected chi connectivity index (χ3v) is 1.34. The Morgan fingerprint density at radius 1 is 1.25 bits per heavy atom. The number of aromatic nitrogens is 3. The maximum Gasteiger partial charge on any atom is 0.204 e. The molecule has 2 heterocycles. The molecule has 5 nitrogen and oxygen atoms in total. The first kappa shape index (κ1) is 6.78. The second-order valence-corrected chi connectivity index (χ2v) is 2.18. The summed E-state index contributed by atoms with van der Waals surface area (Å²) in [6.07, 6.45) is 3.10. The Morgan fingerprint density at radius 2 is 2.17 bits per heavy atom. The first-order chi connectivity index (χ1) is 5.86. The normalized spacial score (nSPS) is 10.0. The lowest BCUT2D eigenvalue weighted by molar-refractivity contribution is 0.429. The summed E-state index contributed by atoms with van der Waals surface area (Å²) < 4.78 is 4.84. The number of anilines is 1. The molecule has 12 heavy (non-hydrogen) atoms. The van der Waals surface area contributed by atoms with E-state index in [1.54, 1.807) is 18.3 Å². The fraction of sp³-hybridized carbons (Fsp3) is 0. The molecule has 0 aromatic carbocycles. The van der Waals surface area contributed by atoms with Crippen LogP contribution in [0, 0.1) is 0 Å². The third kappa shape index (κ3) is 1.12. The zero-order chi connectivity index (χ0) is 8.39. The Bertz CT molecular complexity index is 371. The van der Waals surface area contributed by atoms with Gasteiger partial charge in [-0.2, -0.15) is 0 Å². The van der Waals surface area contributed by atoms with Crippen molar-refractivity contribution >= 4 is 5.82 Å². The topological polar surface area (TPSA) is 77.8 Å². The molecule has 0 radical (unpaired) electrons. The quantitative estimate of drug-likeness (QED) is 0.668. The van der Waals surface area contributed by atoms with Gasteiger partial charge in [0.2, 0.25) is 11.6 Å². The van der Waals surface area contributed by atoms with E-state index in [4.69, 9.17) is 10.3 Å². The van der Waals surface area contributed by atoms with E-state index in [1.165, 1.54) is 6.20 Å². The number of nitrogen functional groups attached to an aromatic ring is 1. The Morgan fingerprint density at radius 3 is 2.83 bits per heavy atom. The van der Waals surface area contributed by atoms with Gasteiger partial charge in [-0.15, -0.1) is 0 Å². The van der Waals surface area contributed by atoms with Crippen LogP contribution in [-0.2, 0) is 0 Å². The summed E-state index contributed by atoms with van der Waals surface area (Å²) in [5, 5.41) is 3.53. The minimum absolute atomic E-state index is 0.413. The molecule has 0 amide bonds. The molecule has 2 aromatic rings. The van der Waals surface area contributed by atoms with Gasteiger partial charge in [0.05, 0.1) is 6.20 Å². The van der Waals surface area contributed by atoms with Crippen molar-refractivity contribution in [3.05, 3.63) is 24.5 Å². The average molecular weight is 162 g/mol. The standard InChI is InChI=1S/C7H6N4O/c8-6-2-3-9-7(11-6)5-1-4-10-12-5/h1-4H,(H2,8,9,11). The lowest BCUT2D eigenvalue weighted by Crippen LogP contribution is -1.93. The summed E-state index contributed by atoms with van der Waals surface area (Å²) in [6, 6.07) is 3.29. The zero-order valence-electron chi connectivity index (χ0n) is 6.14. The minimum atomic E-state index is 0.413. The van der Waals surface area contributed by atoms with E-state index in [2.05, 4.69) is 15.1 Å². The second kappa shape index (κ2) is 2.61. The maximum absolute atomic E-state index is 5.45. The molecule has 0 bridgehead atoms. The number of nitrogens with two attached hydrogens (primary N) is 1. The largest absolute Gasteiger partial charge is 0.384 e. The minimum Gasteiger partial charge on any atom is -0.384 e. The van der Waals surface area contributed by atoms with Crippen LogP contribution in [0.2, 0.25) is 0 Å². The van der Waals surface area contributed by atoms with Gasteiger partial charge in [0.25, 0.3) is 0 Å². The van der Waals surface area contributed by atoms with E-state index >= 15 is 0 Å². The van der Waals surface area contributed by atoms with Crippen LogP contribution < -0.4 is 5.73 Å². The Labute approximate surface area is 68.2 Å². The van der Waals surface area contributed by atoms with Crippen molar-refractivity contribution in [3.63, 3.8) is 0 Å². The van der Waals surface area contributed by atoms with E-state index in [0.29, 0.717) is 17.4 Å². The van der Waals surface area contributed by atoms with Crippen LogP contribution >= 0.6 is 0 Å². The number of hydrogen-bond donors (Lipinski definition) is 1. The van der Waals surface area contributed by atoms with Gasteiger partial charge in [-0.25, -0.2) is 9.97 Å². The maximum atomic E-state index is 5.45. The summed E-state index contributed by atoms with van der Waals surface area (Å²) >= 11 is 0. The van der Waals surface area contributed by atoms with Crippen LogP contribution in [-0.4, -0.2) is 15.1 Å². The average Bonchev–Trinajstić information content (AvgIpc) is 2.56. The molecule has 0 aliphatic rings. The van der Waals surface area contributed by atoms with Crippen LogP contribution in [0.1, 0.15) is 0 Å². The van der Waals surface area contributed by atoms with Crippen LogP contribution in [0.5, 0.6) is 0 Å². The van der Waals surface area contributed by atoms with Gasteiger partial charge in [0.1, 0.15) is 5.82 Å². The summed E-state index contributed by atoms with van der Waals surface area (Å²) in [7, 11) is 0. The molecule has 0 fully saturated rings. The Hall–Kier alpha value is -1.91. The van der Waals surface area contributed by atoms with Gasteiger partial charge < -0.3 is 10.3 Å². The van der Waals surface area contributed by atoms with Crippen LogP contribution in [0.25, 0.3) is 11.6 Å². The molecule has 0 aliphatic heterocycles. The van der Waals surface area contributed by atoms with Crippen molar-refractivity contribution in [2.75, 3.05) is 5.73 Å². The molecule has 0 atom stereocenters. The van der Waals surface area contributed by atoms with Crippen molar-refractivity contribution in [1.82, 2.24) is 15.1 Å². The fourth-order valence-electron chi connectivity index (χ4n) is 0.822. The predicted octanol–water partition coefficient (Wildman–Crippen LogP) is 0.714. The van der Waals surface area contributed by atoms with Gasteiger partial charge in [-0.05, 0) is 6.07 Å². The highest BCUT2D eigenvalue weighted by molar-refractivity contribution is 5.47. The van der Waals surface area contributed by atoms with Gasteiger partial charge in [0.15, 0.2) is 0 Å². The molecule has 0 saturated heterocycles. The van der Waals surface area contributed by atoms with E-state index in [-0.39, 0.29) is 0 Å². The Kier molecular flexibility index (Phi) is 1.48. The van der Waals surface area contributed by atoms with Crippen LogP contribution in [0.4, 0.5) is 5.82 Å². The SMILES string of the molecule is Nc1ccnc(-c2ccno2)n1. The van der Waals surface area contributed by atoms with Crippen molar-refractivity contribution in [2.24, 2.45) is 0 Å². The molecule has 0 spiro atoms. The first-order valence-electron chi connectivity index (χ1n) is 3.36. The van der Waals surface area contributed by atoms with Crippen LogP contribution in [0.3, 0.4) is 0 Å². The number of hydrogen-bond acceptors (Lipinski definition) is 5. The van der Waals surface area contributed by atoms with E-state index in [9.17, 15) is 0 Å². The molecule has 2 aromatic heterocycles. The monoisotopic (exact) mass is 162 g/mol. The summed E-state index contributed by atoms with van der Waals surface area (Å²) in [5.74, 6) is 1.38. The summed E-state index contributed by atoms with van der Waals surface area (Å²) in [5.41, 5.74) is 5.45. The first-order valence-corrected chi connectivity index (χ1v) is 3.36. The van der Waals surface area contributed by atoms with E-state index < -0.39 is 0 Å².